The van der Waals surface area contributed by atoms with Crippen LogP contribution in [0.3, 0.4) is 0 Å². The lowest BCUT2D eigenvalue weighted by atomic mass is 10.0. The van der Waals surface area contributed by atoms with Crippen molar-refractivity contribution in [3.63, 3.8) is 0 Å². The summed E-state index contributed by atoms with van der Waals surface area (Å²) in [4.78, 5) is 7.03. The largest absolute Gasteiger partial charge is 0.497 e. The molecule has 4 rings (SSSR count). The number of anilines is 1. The zero-order chi connectivity index (χ0) is 24.8. The molecule has 6 nitrogen and oxygen atoms in total. The van der Waals surface area contributed by atoms with Crippen LogP contribution in [0.2, 0.25) is 0 Å². The van der Waals surface area contributed by atoms with Crippen molar-refractivity contribution in [3.05, 3.63) is 65.9 Å². The Morgan fingerprint density at radius 2 is 1.74 bits per heavy atom. The third kappa shape index (κ3) is 6.35. The number of hydrogen-bond acceptors (Lipinski definition) is 6. The number of nitrogens with zero attached hydrogens (tertiary/aromatic N) is 4. The first-order valence-corrected chi connectivity index (χ1v) is 11.8. The van der Waals surface area contributed by atoms with Gasteiger partial charge in [-0.25, -0.2) is 0 Å². The molecule has 1 aliphatic rings. The Balaban J connectivity index is 1.29. The molecule has 1 aromatic heterocycles. The molecule has 0 radical (unpaired) electrons. The minimum atomic E-state index is -4.44. The smallest absolute Gasteiger partial charge is 0.417 e. The Hall–Kier alpha value is -3.04. The fraction of sp³-hybridized carbons (Fsp3) is 0.423. The maximum atomic E-state index is 13.4. The zero-order valence-electron chi connectivity index (χ0n) is 20.1. The van der Waals surface area contributed by atoms with E-state index < -0.39 is 11.7 Å². The van der Waals surface area contributed by atoms with Gasteiger partial charge in [0, 0.05) is 56.6 Å². The third-order valence-electron chi connectivity index (χ3n) is 6.44. The molecular formula is C26H31F3N4O2. The van der Waals surface area contributed by atoms with Crippen molar-refractivity contribution in [2.75, 3.05) is 57.8 Å². The molecule has 0 amide bonds. The molecule has 0 aliphatic carbocycles. The SMILES string of the molecule is CCN(CCN1CCN(c2ccc(OC)cc2)CC1)Cc1cc(-c2ccccc2C(F)(F)F)no1. The van der Waals surface area contributed by atoms with Crippen molar-refractivity contribution < 1.29 is 22.4 Å². The highest BCUT2D eigenvalue weighted by atomic mass is 19.4. The molecular weight excluding hydrogens is 457 g/mol. The summed E-state index contributed by atoms with van der Waals surface area (Å²) in [7, 11) is 1.67. The summed E-state index contributed by atoms with van der Waals surface area (Å²) in [5.74, 6) is 1.42. The van der Waals surface area contributed by atoms with Crippen molar-refractivity contribution in [3.8, 4) is 17.0 Å². The standard InChI is InChI=1S/C26H31F3N4O2/c1-3-31(12-13-32-14-16-33(17-15-32)20-8-10-21(34-2)11-9-20)19-22-18-25(30-35-22)23-6-4-5-7-24(23)26(27,28)29/h4-11,18H,3,12-17,19H2,1-2H3. The molecule has 0 spiro atoms. The van der Waals surface area contributed by atoms with E-state index in [-0.39, 0.29) is 11.3 Å². The second-order valence-corrected chi connectivity index (χ2v) is 8.62. The number of halogens is 3. The summed E-state index contributed by atoms with van der Waals surface area (Å²) in [6.45, 7) is 9.01. The van der Waals surface area contributed by atoms with E-state index in [1.807, 2.05) is 12.1 Å². The Labute approximate surface area is 203 Å². The van der Waals surface area contributed by atoms with E-state index in [1.54, 1.807) is 19.2 Å². The molecule has 0 bridgehead atoms. The van der Waals surface area contributed by atoms with Crippen molar-refractivity contribution in [1.29, 1.82) is 0 Å². The van der Waals surface area contributed by atoms with E-state index >= 15 is 0 Å². The summed E-state index contributed by atoms with van der Waals surface area (Å²) in [5, 5.41) is 3.92. The number of benzene rings is 2. The maximum absolute atomic E-state index is 13.4. The van der Waals surface area contributed by atoms with Crippen LogP contribution in [0, 0.1) is 0 Å². The molecule has 35 heavy (non-hydrogen) atoms. The molecule has 0 unspecified atom stereocenters. The van der Waals surface area contributed by atoms with Gasteiger partial charge in [0.25, 0.3) is 0 Å². The Morgan fingerprint density at radius 1 is 1.03 bits per heavy atom. The van der Waals surface area contributed by atoms with Crippen LogP contribution >= 0.6 is 0 Å². The number of ether oxygens (including phenoxy) is 1. The lowest BCUT2D eigenvalue weighted by Crippen LogP contribution is -2.48. The van der Waals surface area contributed by atoms with Crippen molar-refractivity contribution >= 4 is 5.69 Å². The van der Waals surface area contributed by atoms with Gasteiger partial charge in [-0.15, -0.1) is 0 Å². The second kappa shape index (κ2) is 11.1. The van der Waals surface area contributed by atoms with Gasteiger partial charge in [0.1, 0.15) is 11.4 Å². The zero-order valence-corrected chi connectivity index (χ0v) is 20.1. The first kappa shape index (κ1) is 25.1. The van der Waals surface area contributed by atoms with Crippen molar-refractivity contribution in [1.82, 2.24) is 15.0 Å². The average Bonchev–Trinajstić information content (AvgIpc) is 3.35. The van der Waals surface area contributed by atoms with Gasteiger partial charge in [0.05, 0.1) is 19.2 Å². The fourth-order valence-corrected chi connectivity index (χ4v) is 4.34. The number of hydrogen-bond donors (Lipinski definition) is 0. The predicted octanol–water partition coefficient (Wildman–Crippen LogP) is 5.01. The highest BCUT2D eigenvalue weighted by Gasteiger charge is 2.34. The normalized spacial score (nSPS) is 15.1. The van der Waals surface area contributed by atoms with E-state index in [2.05, 4.69) is 38.9 Å². The molecule has 1 aliphatic heterocycles. The second-order valence-electron chi connectivity index (χ2n) is 8.62. The number of piperazine rings is 1. The Morgan fingerprint density at radius 3 is 2.40 bits per heavy atom. The number of methoxy groups -OCH3 is 1. The van der Waals surface area contributed by atoms with Crippen LogP contribution in [0.5, 0.6) is 5.75 Å². The van der Waals surface area contributed by atoms with Crippen LogP contribution in [0.25, 0.3) is 11.3 Å². The molecule has 3 aromatic rings. The Kier molecular flexibility index (Phi) is 7.97. The van der Waals surface area contributed by atoms with Crippen LogP contribution in [0.15, 0.2) is 59.1 Å². The van der Waals surface area contributed by atoms with Gasteiger partial charge in [0.2, 0.25) is 0 Å². The highest BCUT2D eigenvalue weighted by molar-refractivity contribution is 5.64. The lowest BCUT2D eigenvalue weighted by Gasteiger charge is -2.37. The van der Waals surface area contributed by atoms with Gasteiger partial charge in [-0.3, -0.25) is 9.80 Å². The van der Waals surface area contributed by atoms with Crippen LogP contribution in [0.4, 0.5) is 18.9 Å². The van der Waals surface area contributed by atoms with E-state index in [4.69, 9.17) is 9.26 Å². The first-order chi connectivity index (χ1) is 16.9. The van der Waals surface area contributed by atoms with Gasteiger partial charge in [0.15, 0.2) is 5.76 Å². The molecule has 0 saturated carbocycles. The molecule has 2 aromatic carbocycles. The van der Waals surface area contributed by atoms with Gasteiger partial charge in [-0.1, -0.05) is 30.3 Å². The van der Waals surface area contributed by atoms with Crippen molar-refractivity contribution in [2.45, 2.75) is 19.6 Å². The number of aromatic nitrogens is 1. The molecule has 9 heteroatoms. The van der Waals surface area contributed by atoms with Crippen molar-refractivity contribution in [2.24, 2.45) is 0 Å². The summed E-state index contributed by atoms with van der Waals surface area (Å²) >= 11 is 0. The van der Waals surface area contributed by atoms with Crippen LogP contribution in [-0.2, 0) is 12.7 Å². The minimum Gasteiger partial charge on any atom is -0.497 e. The van der Waals surface area contributed by atoms with E-state index in [0.717, 1.165) is 57.6 Å². The van der Waals surface area contributed by atoms with Gasteiger partial charge in [-0.2, -0.15) is 13.2 Å². The Bertz CT molecular complexity index is 1080. The van der Waals surface area contributed by atoms with E-state index in [9.17, 15) is 13.2 Å². The quantitative estimate of drug-likeness (QED) is 0.422. The molecule has 0 N–H and O–H groups in total. The van der Waals surface area contributed by atoms with Crippen LogP contribution < -0.4 is 9.64 Å². The molecule has 188 valence electrons. The van der Waals surface area contributed by atoms with Gasteiger partial charge >= 0.3 is 6.18 Å². The summed E-state index contributed by atoms with van der Waals surface area (Å²) in [6, 6.07) is 15.2. The topological polar surface area (TPSA) is 45.0 Å². The molecule has 0 atom stereocenters. The summed E-state index contributed by atoms with van der Waals surface area (Å²) in [6.07, 6.45) is -4.44. The number of likely N-dealkylation sites (N-methyl/N-ethyl adjacent to an activating group) is 1. The molecule has 2 heterocycles. The van der Waals surface area contributed by atoms with Crippen LogP contribution in [0.1, 0.15) is 18.2 Å². The third-order valence-corrected chi connectivity index (χ3v) is 6.44. The first-order valence-electron chi connectivity index (χ1n) is 11.8. The molecule has 1 fully saturated rings. The number of alkyl halides is 3. The van der Waals surface area contributed by atoms with Crippen LogP contribution in [-0.4, -0.2) is 67.9 Å². The van der Waals surface area contributed by atoms with E-state index in [0.29, 0.717) is 12.3 Å². The summed E-state index contributed by atoms with van der Waals surface area (Å²) in [5.41, 5.74) is 0.737. The van der Waals surface area contributed by atoms with E-state index in [1.165, 1.54) is 17.8 Å². The maximum Gasteiger partial charge on any atom is 0.417 e. The monoisotopic (exact) mass is 488 g/mol. The number of rotatable bonds is 9. The fourth-order valence-electron chi connectivity index (χ4n) is 4.34. The van der Waals surface area contributed by atoms with Gasteiger partial charge < -0.3 is 14.2 Å². The average molecular weight is 489 g/mol. The lowest BCUT2D eigenvalue weighted by molar-refractivity contribution is -0.137. The molecule has 1 saturated heterocycles. The van der Waals surface area contributed by atoms with Gasteiger partial charge in [-0.05, 0) is 36.9 Å². The summed E-state index contributed by atoms with van der Waals surface area (Å²) < 4.78 is 50.7. The highest BCUT2D eigenvalue weighted by Crippen LogP contribution is 2.36. The minimum absolute atomic E-state index is 0.0350. The predicted molar refractivity (Wildman–Crippen MR) is 130 cm³/mol.